The number of H-pyrrole nitrogens is 1. The summed E-state index contributed by atoms with van der Waals surface area (Å²) in [4.78, 5) is 5.51. The average Bonchev–Trinajstić information content (AvgIpc) is 2.79. The van der Waals surface area contributed by atoms with Gasteiger partial charge in [0.05, 0.1) is 6.61 Å². The number of rotatable bonds is 5. The van der Waals surface area contributed by atoms with Crippen molar-refractivity contribution < 1.29 is 5.11 Å². The lowest BCUT2D eigenvalue weighted by Crippen LogP contribution is -2.10. The fourth-order valence-electron chi connectivity index (χ4n) is 2.32. The first-order chi connectivity index (χ1) is 9.11. The molecule has 1 aromatic carbocycles. The summed E-state index contributed by atoms with van der Waals surface area (Å²) < 4.78 is 0. The molecule has 0 atom stereocenters. The molecule has 0 aliphatic rings. The quantitative estimate of drug-likeness (QED) is 0.809. The van der Waals surface area contributed by atoms with Gasteiger partial charge in [-0.3, -0.25) is 0 Å². The minimum Gasteiger partial charge on any atom is -0.392 e. The third kappa shape index (κ3) is 3.25. The van der Waals surface area contributed by atoms with Crippen LogP contribution in [-0.4, -0.2) is 35.7 Å². The van der Waals surface area contributed by atoms with Gasteiger partial charge in [-0.05, 0) is 44.6 Å². The van der Waals surface area contributed by atoms with Crippen LogP contribution in [0, 0.1) is 0 Å². The number of aliphatic hydroxyl groups is 1. The molecular weight excluding hydrogens is 236 g/mol. The molecule has 0 aliphatic carbocycles. The number of aromatic amines is 1. The topological polar surface area (TPSA) is 39.3 Å². The van der Waals surface area contributed by atoms with Crippen LogP contribution in [0.3, 0.4) is 0 Å². The van der Waals surface area contributed by atoms with Gasteiger partial charge in [0.2, 0.25) is 0 Å². The molecule has 0 unspecified atom stereocenters. The molecule has 19 heavy (non-hydrogen) atoms. The maximum Gasteiger partial charge on any atom is 0.0639 e. The fraction of sp³-hybridized carbons (Fsp3) is 0.375. The molecule has 0 saturated heterocycles. The maximum absolute atomic E-state index is 9.08. The van der Waals surface area contributed by atoms with Crippen molar-refractivity contribution in [2.45, 2.75) is 19.9 Å². The molecule has 102 valence electrons. The van der Waals surface area contributed by atoms with Gasteiger partial charge < -0.3 is 15.0 Å². The van der Waals surface area contributed by atoms with Crippen molar-refractivity contribution >= 4 is 10.9 Å². The van der Waals surface area contributed by atoms with Crippen molar-refractivity contribution in [1.29, 1.82) is 0 Å². The number of nitrogens with zero attached hydrogens (tertiary/aromatic N) is 1. The van der Waals surface area contributed by atoms with Gasteiger partial charge in [0.1, 0.15) is 0 Å². The lowest BCUT2D eigenvalue weighted by molar-refractivity contribution is 0.331. The number of aromatic nitrogens is 1. The smallest absolute Gasteiger partial charge is 0.0639 e. The summed E-state index contributed by atoms with van der Waals surface area (Å²) in [7, 11) is 4.16. The number of hydrogen-bond acceptors (Lipinski definition) is 2. The summed E-state index contributed by atoms with van der Waals surface area (Å²) in [5.41, 5.74) is 4.83. The van der Waals surface area contributed by atoms with E-state index in [9.17, 15) is 0 Å². The number of nitrogens with one attached hydrogen (secondary N) is 1. The van der Waals surface area contributed by atoms with Gasteiger partial charge in [-0.2, -0.15) is 0 Å². The SMILES string of the molecule is C/C(=C\Cc1cccc2[nH]cc(CN(C)C)c12)CO. The largest absolute Gasteiger partial charge is 0.392 e. The normalized spacial score (nSPS) is 12.6. The second-order valence-corrected chi connectivity index (χ2v) is 5.30. The molecule has 0 amide bonds. The lowest BCUT2D eigenvalue weighted by atomic mass is 10.0. The van der Waals surface area contributed by atoms with E-state index in [2.05, 4.69) is 54.5 Å². The van der Waals surface area contributed by atoms with Crippen LogP contribution >= 0.6 is 0 Å². The second kappa shape index (κ2) is 6.04. The van der Waals surface area contributed by atoms with Crippen molar-refractivity contribution in [3.05, 3.63) is 47.2 Å². The Kier molecular flexibility index (Phi) is 4.40. The Morgan fingerprint density at radius 1 is 1.32 bits per heavy atom. The van der Waals surface area contributed by atoms with E-state index in [1.54, 1.807) is 0 Å². The summed E-state index contributed by atoms with van der Waals surface area (Å²) in [6.07, 6.45) is 5.06. The Morgan fingerprint density at radius 2 is 2.11 bits per heavy atom. The third-order valence-electron chi connectivity index (χ3n) is 3.28. The molecule has 3 nitrogen and oxygen atoms in total. The van der Waals surface area contributed by atoms with Crippen LogP contribution in [0.2, 0.25) is 0 Å². The third-order valence-corrected chi connectivity index (χ3v) is 3.28. The highest BCUT2D eigenvalue weighted by molar-refractivity contribution is 5.86. The molecule has 3 heteroatoms. The predicted octanol–water partition coefficient (Wildman–Crippen LogP) is 2.71. The summed E-state index contributed by atoms with van der Waals surface area (Å²) in [6, 6.07) is 6.35. The molecule has 2 rings (SSSR count). The van der Waals surface area contributed by atoms with Gasteiger partial charge >= 0.3 is 0 Å². The molecule has 0 radical (unpaired) electrons. The van der Waals surface area contributed by atoms with Crippen molar-refractivity contribution in [1.82, 2.24) is 9.88 Å². The lowest BCUT2D eigenvalue weighted by Gasteiger charge is -2.10. The van der Waals surface area contributed by atoms with Crippen molar-refractivity contribution in [2.24, 2.45) is 0 Å². The van der Waals surface area contributed by atoms with Gasteiger partial charge in [0.25, 0.3) is 0 Å². The summed E-state index contributed by atoms with van der Waals surface area (Å²) in [5, 5.41) is 10.4. The van der Waals surface area contributed by atoms with Gasteiger partial charge in [-0.1, -0.05) is 23.8 Å². The van der Waals surface area contributed by atoms with Crippen molar-refractivity contribution in [3.8, 4) is 0 Å². The Bertz CT molecular complexity index is 581. The summed E-state index contributed by atoms with van der Waals surface area (Å²) >= 11 is 0. The van der Waals surface area contributed by atoms with Crippen LogP contribution < -0.4 is 0 Å². The van der Waals surface area contributed by atoms with E-state index >= 15 is 0 Å². The Hall–Kier alpha value is -1.58. The van der Waals surface area contributed by atoms with Gasteiger partial charge in [0.15, 0.2) is 0 Å². The van der Waals surface area contributed by atoms with Crippen LogP contribution in [0.1, 0.15) is 18.1 Å². The van der Waals surface area contributed by atoms with E-state index in [1.165, 1.54) is 22.0 Å². The molecule has 0 aliphatic heterocycles. The van der Waals surface area contributed by atoms with Gasteiger partial charge in [-0.25, -0.2) is 0 Å². The predicted molar refractivity (Wildman–Crippen MR) is 80.2 cm³/mol. The molecule has 0 saturated carbocycles. The number of fused-ring (bicyclic) bond motifs is 1. The monoisotopic (exact) mass is 258 g/mol. The second-order valence-electron chi connectivity index (χ2n) is 5.30. The Morgan fingerprint density at radius 3 is 2.79 bits per heavy atom. The zero-order chi connectivity index (χ0) is 13.8. The first-order valence-electron chi connectivity index (χ1n) is 6.61. The standard InChI is InChI=1S/C16H22N2O/c1-12(11-19)7-8-13-5-4-6-15-16(13)14(9-17-15)10-18(2)3/h4-7,9,17,19H,8,10-11H2,1-3H3/b12-7+. The van der Waals surface area contributed by atoms with E-state index < -0.39 is 0 Å². The van der Waals surface area contributed by atoms with Crippen LogP contribution in [0.5, 0.6) is 0 Å². The van der Waals surface area contributed by atoms with Crippen LogP contribution in [-0.2, 0) is 13.0 Å². The molecule has 1 aromatic heterocycles. The molecule has 0 fully saturated rings. The zero-order valence-electron chi connectivity index (χ0n) is 11.9. The molecule has 1 heterocycles. The number of aliphatic hydroxyl groups excluding tert-OH is 1. The van der Waals surface area contributed by atoms with Crippen molar-refractivity contribution in [3.63, 3.8) is 0 Å². The summed E-state index contributed by atoms with van der Waals surface area (Å²) in [5.74, 6) is 0. The Balaban J connectivity index is 2.39. The number of allylic oxidation sites excluding steroid dienone is 1. The number of benzene rings is 1. The molecule has 0 bridgehead atoms. The van der Waals surface area contributed by atoms with Crippen LogP contribution in [0.25, 0.3) is 10.9 Å². The molecule has 2 N–H and O–H groups in total. The van der Waals surface area contributed by atoms with Gasteiger partial charge in [-0.15, -0.1) is 0 Å². The zero-order valence-corrected chi connectivity index (χ0v) is 11.9. The Labute approximate surface area is 114 Å². The van der Waals surface area contributed by atoms with E-state index in [0.29, 0.717) is 0 Å². The molecular formula is C16H22N2O. The fourth-order valence-corrected chi connectivity index (χ4v) is 2.32. The number of hydrogen-bond donors (Lipinski definition) is 2. The highest BCUT2D eigenvalue weighted by atomic mass is 16.3. The van der Waals surface area contributed by atoms with Crippen LogP contribution in [0.4, 0.5) is 0 Å². The minimum atomic E-state index is 0.133. The van der Waals surface area contributed by atoms with E-state index in [4.69, 9.17) is 5.11 Å². The van der Waals surface area contributed by atoms with Crippen LogP contribution in [0.15, 0.2) is 36.0 Å². The van der Waals surface area contributed by atoms with Gasteiger partial charge in [0, 0.05) is 23.6 Å². The first-order valence-corrected chi connectivity index (χ1v) is 6.61. The molecule has 0 spiro atoms. The van der Waals surface area contributed by atoms with E-state index in [0.717, 1.165) is 18.5 Å². The van der Waals surface area contributed by atoms with E-state index in [1.807, 2.05) is 6.92 Å². The first kappa shape index (κ1) is 13.8. The average molecular weight is 258 g/mol. The maximum atomic E-state index is 9.08. The highest BCUT2D eigenvalue weighted by Gasteiger charge is 2.08. The minimum absolute atomic E-state index is 0.133. The molecule has 2 aromatic rings. The highest BCUT2D eigenvalue weighted by Crippen LogP contribution is 2.24. The van der Waals surface area contributed by atoms with Crippen molar-refractivity contribution in [2.75, 3.05) is 20.7 Å². The summed E-state index contributed by atoms with van der Waals surface area (Å²) in [6.45, 7) is 3.02. The van der Waals surface area contributed by atoms with E-state index in [-0.39, 0.29) is 6.61 Å².